The van der Waals surface area contributed by atoms with Gasteiger partial charge >= 0.3 is 0 Å². The number of benzene rings is 1. The van der Waals surface area contributed by atoms with Gasteiger partial charge in [-0.15, -0.1) is 12.6 Å². The molecule has 0 bridgehead atoms. The van der Waals surface area contributed by atoms with Gasteiger partial charge < -0.3 is 10.2 Å². The quantitative estimate of drug-likeness (QED) is 0.706. The van der Waals surface area contributed by atoms with Crippen LogP contribution in [0, 0.1) is 0 Å². The van der Waals surface area contributed by atoms with E-state index >= 15 is 0 Å². The van der Waals surface area contributed by atoms with Crippen molar-refractivity contribution in [3.05, 3.63) is 34.8 Å². The number of rotatable bonds is 1. The second kappa shape index (κ2) is 3.83. The highest BCUT2D eigenvalue weighted by Gasteiger charge is 2.12. The number of halogens is 1. The summed E-state index contributed by atoms with van der Waals surface area (Å²) in [6.45, 7) is 0. The minimum Gasteiger partial charge on any atom is -0.494 e. The Balaban J connectivity index is 2.58. The largest absolute Gasteiger partial charge is 0.494 e. The summed E-state index contributed by atoms with van der Waals surface area (Å²) in [4.78, 5) is 0.343. The molecule has 0 saturated carbocycles. The Bertz CT molecular complexity index is 493. The van der Waals surface area contributed by atoms with E-state index in [4.69, 9.17) is 0 Å². The van der Waals surface area contributed by atoms with Crippen LogP contribution in [0.1, 0.15) is 0 Å². The van der Waals surface area contributed by atoms with Gasteiger partial charge in [0.1, 0.15) is 0 Å². The third-order valence-corrected chi connectivity index (χ3v) is 2.88. The summed E-state index contributed by atoms with van der Waals surface area (Å²) in [7, 11) is 0. The van der Waals surface area contributed by atoms with Crippen LogP contribution in [0.15, 0.2) is 39.7 Å². The predicted molar refractivity (Wildman–Crippen MR) is 64.1 cm³/mol. The first kappa shape index (κ1) is 10.4. The van der Waals surface area contributed by atoms with Crippen molar-refractivity contribution in [1.82, 2.24) is 4.57 Å². The molecule has 0 aliphatic carbocycles. The fourth-order valence-electron chi connectivity index (χ4n) is 1.32. The Morgan fingerprint density at radius 2 is 1.73 bits per heavy atom. The van der Waals surface area contributed by atoms with Crippen molar-refractivity contribution in [1.29, 1.82) is 0 Å². The lowest BCUT2D eigenvalue weighted by atomic mass is 10.3. The zero-order chi connectivity index (χ0) is 11.0. The van der Waals surface area contributed by atoms with Crippen LogP contribution in [0.3, 0.4) is 0 Å². The summed E-state index contributed by atoms with van der Waals surface area (Å²) in [5.74, 6) is -0.113. The Morgan fingerprint density at radius 3 is 2.20 bits per heavy atom. The Hall–Kier alpha value is -1.07. The molecule has 5 heteroatoms. The Morgan fingerprint density at radius 1 is 1.13 bits per heavy atom. The van der Waals surface area contributed by atoms with E-state index in [1.165, 1.54) is 10.6 Å². The maximum absolute atomic E-state index is 9.66. The minimum absolute atomic E-state index is 0.0418. The van der Waals surface area contributed by atoms with E-state index in [-0.39, 0.29) is 11.8 Å². The van der Waals surface area contributed by atoms with Crippen molar-refractivity contribution >= 4 is 28.6 Å². The molecule has 0 spiro atoms. The van der Waals surface area contributed by atoms with Gasteiger partial charge in [0.2, 0.25) is 5.88 Å². The molecule has 0 aliphatic rings. The maximum atomic E-state index is 9.66. The van der Waals surface area contributed by atoms with Crippen molar-refractivity contribution in [2.75, 3.05) is 0 Å². The summed E-state index contributed by atoms with van der Waals surface area (Å²) in [6, 6.07) is 8.59. The van der Waals surface area contributed by atoms with E-state index in [1.807, 2.05) is 12.1 Å². The van der Waals surface area contributed by atoms with Gasteiger partial charge in [-0.25, -0.2) is 0 Å². The van der Waals surface area contributed by atoms with Gasteiger partial charge in [0.15, 0.2) is 5.88 Å². The minimum atomic E-state index is -0.0712. The predicted octanol–water partition coefficient (Wildman–Crippen LogP) is 2.94. The number of thiol groups is 1. The fourth-order valence-corrected chi connectivity index (χ4v) is 1.80. The zero-order valence-electron chi connectivity index (χ0n) is 7.55. The number of aromatic nitrogens is 1. The van der Waals surface area contributed by atoms with Gasteiger partial charge in [-0.2, -0.15) is 0 Å². The molecule has 0 saturated heterocycles. The van der Waals surface area contributed by atoms with Crippen molar-refractivity contribution in [3.63, 3.8) is 0 Å². The van der Waals surface area contributed by atoms with Gasteiger partial charge in [0.05, 0.1) is 10.6 Å². The molecular formula is C10H8BrNO2S. The number of hydrogen-bond acceptors (Lipinski definition) is 3. The van der Waals surface area contributed by atoms with Crippen LogP contribution in [0.4, 0.5) is 0 Å². The van der Waals surface area contributed by atoms with Crippen LogP contribution in [0.2, 0.25) is 0 Å². The molecule has 2 aromatic rings. The molecule has 0 amide bonds. The number of nitrogens with zero attached hydrogens (tertiary/aromatic N) is 1. The van der Waals surface area contributed by atoms with Crippen LogP contribution in [0.5, 0.6) is 11.8 Å². The van der Waals surface area contributed by atoms with Crippen LogP contribution >= 0.6 is 28.6 Å². The molecule has 0 unspecified atom stereocenters. The van der Waals surface area contributed by atoms with E-state index in [0.29, 0.717) is 10.6 Å². The molecule has 78 valence electrons. The molecule has 2 rings (SSSR count). The third kappa shape index (κ3) is 1.85. The van der Waals surface area contributed by atoms with Crippen molar-refractivity contribution in [2.24, 2.45) is 0 Å². The van der Waals surface area contributed by atoms with Gasteiger partial charge in [0.25, 0.3) is 0 Å². The molecule has 3 nitrogen and oxygen atoms in total. The molecule has 1 heterocycles. The molecule has 1 aromatic carbocycles. The summed E-state index contributed by atoms with van der Waals surface area (Å²) in [5.41, 5.74) is 0.675. The van der Waals surface area contributed by atoms with E-state index < -0.39 is 0 Å². The number of aromatic hydroxyl groups is 2. The summed E-state index contributed by atoms with van der Waals surface area (Å²) < 4.78 is 2.25. The van der Waals surface area contributed by atoms with E-state index in [1.54, 1.807) is 12.1 Å². The van der Waals surface area contributed by atoms with E-state index in [9.17, 15) is 10.2 Å². The summed E-state index contributed by atoms with van der Waals surface area (Å²) in [5, 5.41) is 19.2. The highest BCUT2D eigenvalue weighted by Crippen LogP contribution is 2.33. The third-order valence-electron chi connectivity index (χ3n) is 2.02. The fraction of sp³-hybridized carbons (Fsp3) is 0. The first-order valence-corrected chi connectivity index (χ1v) is 5.42. The molecular weight excluding hydrogens is 278 g/mol. The zero-order valence-corrected chi connectivity index (χ0v) is 10.0. The first-order valence-electron chi connectivity index (χ1n) is 4.18. The second-order valence-electron chi connectivity index (χ2n) is 3.02. The van der Waals surface area contributed by atoms with Crippen LogP contribution < -0.4 is 0 Å². The average Bonchev–Trinajstić information content (AvgIpc) is 2.44. The first-order chi connectivity index (χ1) is 7.09. The topological polar surface area (TPSA) is 45.4 Å². The smallest absolute Gasteiger partial charge is 0.212 e. The summed E-state index contributed by atoms with van der Waals surface area (Å²) in [6.07, 6.45) is 0. The lowest BCUT2D eigenvalue weighted by molar-refractivity contribution is 0.398. The normalized spacial score (nSPS) is 10.5. The SMILES string of the molecule is Oc1cc(S)c(O)n1-c1ccc(Br)cc1. The van der Waals surface area contributed by atoms with Crippen LogP contribution in [0.25, 0.3) is 5.69 Å². The molecule has 2 N–H and O–H groups in total. The average molecular weight is 286 g/mol. The second-order valence-corrected chi connectivity index (χ2v) is 4.42. The van der Waals surface area contributed by atoms with Crippen molar-refractivity contribution in [3.8, 4) is 17.4 Å². The van der Waals surface area contributed by atoms with Crippen LogP contribution in [-0.4, -0.2) is 14.8 Å². The van der Waals surface area contributed by atoms with E-state index in [2.05, 4.69) is 28.6 Å². The van der Waals surface area contributed by atoms with Gasteiger partial charge in [-0.1, -0.05) is 15.9 Å². The van der Waals surface area contributed by atoms with Crippen LogP contribution in [-0.2, 0) is 0 Å². The highest BCUT2D eigenvalue weighted by molar-refractivity contribution is 9.10. The van der Waals surface area contributed by atoms with Crippen molar-refractivity contribution < 1.29 is 10.2 Å². The maximum Gasteiger partial charge on any atom is 0.212 e. The summed E-state index contributed by atoms with van der Waals surface area (Å²) >= 11 is 7.33. The van der Waals surface area contributed by atoms with Gasteiger partial charge in [-0.05, 0) is 24.3 Å². The molecule has 15 heavy (non-hydrogen) atoms. The Kier molecular flexibility index (Phi) is 2.67. The Labute approximate surface area is 101 Å². The van der Waals surface area contributed by atoms with Gasteiger partial charge in [-0.3, -0.25) is 4.57 Å². The van der Waals surface area contributed by atoms with Crippen molar-refractivity contribution in [2.45, 2.75) is 4.90 Å². The molecule has 0 fully saturated rings. The van der Waals surface area contributed by atoms with Gasteiger partial charge in [0, 0.05) is 10.5 Å². The molecule has 1 aromatic heterocycles. The molecule has 0 radical (unpaired) electrons. The lowest BCUT2D eigenvalue weighted by Crippen LogP contribution is -1.91. The monoisotopic (exact) mass is 285 g/mol. The number of hydrogen-bond donors (Lipinski definition) is 3. The lowest BCUT2D eigenvalue weighted by Gasteiger charge is -2.06. The van der Waals surface area contributed by atoms with E-state index in [0.717, 1.165) is 4.47 Å². The molecule has 0 atom stereocenters. The molecule has 0 aliphatic heterocycles. The highest BCUT2D eigenvalue weighted by atomic mass is 79.9. The standard InChI is InChI=1S/C10H8BrNO2S/c11-6-1-3-7(4-2-6)12-9(13)5-8(15)10(12)14/h1-5,13-15H.